The van der Waals surface area contributed by atoms with Crippen molar-refractivity contribution in [1.29, 1.82) is 0 Å². The average Bonchev–Trinajstić information content (AvgIpc) is 3.14. The fourth-order valence-electron chi connectivity index (χ4n) is 2.86. The van der Waals surface area contributed by atoms with Crippen LogP contribution in [-0.4, -0.2) is 37.1 Å². The summed E-state index contributed by atoms with van der Waals surface area (Å²) in [5.41, 5.74) is 2.45. The van der Waals surface area contributed by atoms with Crippen molar-refractivity contribution in [3.05, 3.63) is 59.5 Å². The van der Waals surface area contributed by atoms with Gasteiger partial charge in [0.15, 0.2) is 0 Å². The molecule has 0 atom stereocenters. The first-order valence-electron chi connectivity index (χ1n) is 8.47. The number of carbonyl (C=O) groups is 1. The summed E-state index contributed by atoms with van der Waals surface area (Å²) in [6.45, 7) is 4.99. The Morgan fingerprint density at radius 2 is 1.88 bits per heavy atom. The van der Waals surface area contributed by atoms with Gasteiger partial charge in [-0.25, -0.2) is 0 Å². The molecule has 5 nitrogen and oxygen atoms in total. The van der Waals surface area contributed by atoms with E-state index in [1.165, 1.54) is 11.1 Å². The second-order valence-electron chi connectivity index (χ2n) is 6.01. The van der Waals surface area contributed by atoms with Crippen molar-refractivity contribution in [2.24, 2.45) is 0 Å². The Morgan fingerprint density at radius 1 is 1.08 bits per heavy atom. The van der Waals surface area contributed by atoms with Crippen molar-refractivity contribution < 1.29 is 13.9 Å². The van der Waals surface area contributed by atoms with Gasteiger partial charge in [-0.2, -0.15) is 0 Å². The maximum Gasteiger partial charge on any atom is 0.220 e. The van der Waals surface area contributed by atoms with Crippen molar-refractivity contribution in [2.45, 2.75) is 25.9 Å². The van der Waals surface area contributed by atoms with Crippen LogP contribution in [0.4, 0.5) is 0 Å². The number of morpholine rings is 1. The van der Waals surface area contributed by atoms with Gasteiger partial charge in [0.05, 0.1) is 19.5 Å². The number of nitrogens with one attached hydrogen (secondary N) is 1. The van der Waals surface area contributed by atoms with Gasteiger partial charge in [0, 0.05) is 39.0 Å². The zero-order chi connectivity index (χ0) is 16.6. The Morgan fingerprint density at radius 3 is 2.62 bits per heavy atom. The summed E-state index contributed by atoms with van der Waals surface area (Å²) in [7, 11) is 0. The maximum absolute atomic E-state index is 12.0. The fraction of sp³-hybridized carbons (Fsp3) is 0.421. The molecule has 0 saturated carbocycles. The van der Waals surface area contributed by atoms with E-state index in [1.807, 2.05) is 18.2 Å². The minimum Gasteiger partial charge on any atom is -0.469 e. The van der Waals surface area contributed by atoms with E-state index in [0.29, 0.717) is 19.4 Å². The third-order valence-electron chi connectivity index (χ3n) is 4.27. The molecule has 2 heterocycles. The summed E-state index contributed by atoms with van der Waals surface area (Å²) in [6, 6.07) is 12.0. The molecule has 1 N–H and O–H groups in total. The normalized spacial score (nSPS) is 15.3. The van der Waals surface area contributed by atoms with E-state index < -0.39 is 0 Å². The van der Waals surface area contributed by atoms with Crippen LogP contribution in [0.15, 0.2) is 47.1 Å². The number of benzene rings is 1. The highest BCUT2D eigenvalue weighted by Crippen LogP contribution is 2.13. The van der Waals surface area contributed by atoms with Gasteiger partial charge in [0.25, 0.3) is 0 Å². The minimum atomic E-state index is 0.0487. The molecule has 0 bridgehead atoms. The number of ether oxygens (including phenoxy) is 1. The molecule has 1 saturated heterocycles. The van der Waals surface area contributed by atoms with Crippen LogP contribution in [0, 0.1) is 0 Å². The molecular weight excluding hydrogens is 304 g/mol. The van der Waals surface area contributed by atoms with Crippen LogP contribution in [0.25, 0.3) is 0 Å². The van der Waals surface area contributed by atoms with Crippen molar-refractivity contribution in [3.63, 3.8) is 0 Å². The van der Waals surface area contributed by atoms with Crippen LogP contribution >= 0.6 is 0 Å². The van der Waals surface area contributed by atoms with Crippen LogP contribution in [0.2, 0.25) is 0 Å². The quantitative estimate of drug-likeness (QED) is 0.848. The Kier molecular flexibility index (Phi) is 6.04. The third-order valence-corrected chi connectivity index (χ3v) is 4.27. The lowest BCUT2D eigenvalue weighted by atomic mass is 10.1. The number of aryl methyl sites for hydroxylation is 1. The number of furan rings is 1. The van der Waals surface area contributed by atoms with E-state index in [9.17, 15) is 4.79 Å². The lowest BCUT2D eigenvalue weighted by Gasteiger charge is -2.27. The molecule has 1 aliphatic rings. The first kappa shape index (κ1) is 16.7. The maximum atomic E-state index is 12.0. The van der Waals surface area contributed by atoms with Gasteiger partial charge in [-0.05, 0) is 23.3 Å². The number of hydrogen-bond acceptors (Lipinski definition) is 4. The Balaban J connectivity index is 1.49. The molecule has 24 heavy (non-hydrogen) atoms. The molecule has 1 aromatic carbocycles. The van der Waals surface area contributed by atoms with Crippen molar-refractivity contribution in [2.75, 3.05) is 26.3 Å². The molecule has 1 aliphatic heterocycles. The smallest absolute Gasteiger partial charge is 0.220 e. The number of hydrogen-bond donors (Lipinski definition) is 1. The van der Waals surface area contributed by atoms with Crippen molar-refractivity contribution >= 4 is 5.91 Å². The van der Waals surface area contributed by atoms with Gasteiger partial charge in [-0.1, -0.05) is 24.3 Å². The van der Waals surface area contributed by atoms with Crippen LogP contribution in [-0.2, 0) is 29.0 Å². The number of rotatable bonds is 7. The van der Waals surface area contributed by atoms with E-state index in [2.05, 4.69) is 28.4 Å². The molecule has 128 valence electrons. The average molecular weight is 328 g/mol. The number of amides is 1. The number of nitrogens with zero attached hydrogens (tertiary/aromatic N) is 1. The van der Waals surface area contributed by atoms with Crippen LogP contribution in [0.1, 0.15) is 23.3 Å². The minimum absolute atomic E-state index is 0.0487. The summed E-state index contributed by atoms with van der Waals surface area (Å²) in [4.78, 5) is 14.4. The summed E-state index contributed by atoms with van der Waals surface area (Å²) < 4.78 is 10.7. The summed E-state index contributed by atoms with van der Waals surface area (Å²) >= 11 is 0. The lowest BCUT2D eigenvalue weighted by Crippen LogP contribution is -2.36. The monoisotopic (exact) mass is 328 g/mol. The standard InChI is InChI=1S/C19H24N2O3/c22-19(8-7-18-6-3-11-24-18)20-14-16-4-1-2-5-17(16)15-21-9-12-23-13-10-21/h1-6,11H,7-10,12-15H2,(H,20,22). The second kappa shape index (κ2) is 8.66. The van der Waals surface area contributed by atoms with Gasteiger partial charge in [-0.3, -0.25) is 9.69 Å². The van der Waals surface area contributed by atoms with Crippen molar-refractivity contribution in [1.82, 2.24) is 10.2 Å². The second-order valence-corrected chi connectivity index (χ2v) is 6.01. The highest BCUT2D eigenvalue weighted by atomic mass is 16.5. The van der Waals surface area contributed by atoms with Crippen LogP contribution < -0.4 is 5.32 Å². The molecule has 0 spiro atoms. The van der Waals surface area contributed by atoms with Crippen LogP contribution in [0.5, 0.6) is 0 Å². The van der Waals surface area contributed by atoms with E-state index in [1.54, 1.807) is 6.26 Å². The molecular formula is C19H24N2O3. The molecule has 1 aromatic heterocycles. The highest BCUT2D eigenvalue weighted by Gasteiger charge is 2.13. The van der Waals surface area contributed by atoms with Gasteiger partial charge in [-0.15, -0.1) is 0 Å². The van der Waals surface area contributed by atoms with Gasteiger partial charge >= 0.3 is 0 Å². The van der Waals surface area contributed by atoms with Gasteiger partial charge in [0.1, 0.15) is 5.76 Å². The molecule has 2 aromatic rings. The molecule has 1 amide bonds. The first-order chi connectivity index (χ1) is 11.8. The van der Waals surface area contributed by atoms with Gasteiger partial charge in [0.2, 0.25) is 5.91 Å². The number of carbonyl (C=O) groups excluding carboxylic acids is 1. The molecule has 3 rings (SSSR count). The predicted molar refractivity (Wildman–Crippen MR) is 91.4 cm³/mol. The van der Waals surface area contributed by atoms with E-state index in [-0.39, 0.29) is 5.91 Å². The van der Waals surface area contributed by atoms with Crippen molar-refractivity contribution in [3.8, 4) is 0 Å². The molecule has 0 aliphatic carbocycles. The lowest BCUT2D eigenvalue weighted by molar-refractivity contribution is -0.121. The van der Waals surface area contributed by atoms with Crippen LogP contribution in [0.3, 0.4) is 0 Å². The molecule has 1 fully saturated rings. The highest BCUT2D eigenvalue weighted by molar-refractivity contribution is 5.76. The zero-order valence-corrected chi connectivity index (χ0v) is 13.9. The topological polar surface area (TPSA) is 54.7 Å². The zero-order valence-electron chi connectivity index (χ0n) is 13.9. The van der Waals surface area contributed by atoms with E-state index in [4.69, 9.17) is 9.15 Å². The first-order valence-corrected chi connectivity index (χ1v) is 8.47. The molecule has 5 heteroatoms. The summed E-state index contributed by atoms with van der Waals surface area (Å²) in [6.07, 6.45) is 2.71. The summed E-state index contributed by atoms with van der Waals surface area (Å²) in [5, 5.41) is 3.02. The van der Waals surface area contributed by atoms with Gasteiger partial charge < -0.3 is 14.5 Å². The Labute approximate surface area is 142 Å². The Hall–Kier alpha value is -2.11. The predicted octanol–water partition coefficient (Wildman–Crippen LogP) is 2.36. The molecule has 0 radical (unpaired) electrons. The summed E-state index contributed by atoms with van der Waals surface area (Å²) in [5.74, 6) is 0.894. The SMILES string of the molecule is O=C(CCc1ccco1)NCc1ccccc1CN1CCOCC1. The fourth-order valence-corrected chi connectivity index (χ4v) is 2.86. The third kappa shape index (κ3) is 4.94. The largest absolute Gasteiger partial charge is 0.469 e. The van der Waals surface area contributed by atoms with E-state index >= 15 is 0 Å². The van der Waals surface area contributed by atoms with E-state index in [0.717, 1.165) is 38.6 Å². The molecule has 0 unspecified atom stereocenters. The Bertz CT molecular complexity index is 634.